The summed E-state index contributed by atoms with van der Waals surface area (Å²) in [6, 6.07) is 0. The van der Waals surface area contributed by atoms with Crippen LogP contribution in [0.15, 0.2) is 0 Å². The van der Waals surface area contributed by atoms with Gasteiger partial charge in [-0.25, -0.2) is 8.42 Å². The van der Waals surface area contributed by atoms with Crippen molar-refractivity contribution in [2.24, 2.45) is 5.73 Å². The molecule has 1 amide bonds. The Morgan fingerprint density at radius 1 is 1.38 bits per heavy atom. The van der Waals surface area contributed by atoms with E-state index in [1.54, 1.807) is 6.92 Å². The zero-order chi connectivity index (χ0) is 12.4. The highest BCUT2D eigenvalue weighted by Crippen LogP contribution is 1.91. The number of nitrogens with one attached hydrogen (secondary N) is 1. The molecule has 6 nitrogen and oxygen atoms in total. The molecule has 0 rings (SSSR count). The molecule has 0 bridgehead atoms. The van der Waals surface area contributed by atoms with Gasteiger partial charge in [-0.1, -0.05) is 6.92 Å². The van der Waals surface area contributed by atoms with Crippen LogP contribution in [0.2, 0.25) is 0 Å². The number of carbonyl (C=O) groups excluding carboxylic acids is 1. The second kappa shape index (κ2) is 8.49. The molecular weight excluding hydrogens is 232 g/mol. The maximum atomic E-state index is 11.1. The lowest BCUT2D eigenvalue weighted by Gasteiger charge is -2.05. The number of rotatable bonds is 10. The van der Waals surface area contributed by atoms with Crippen molar-refractivity contribution in [3.05, 3.63) is 0 Å². The van der Waals surface area contributed by atoms with Gasteiger partial charge in [-0.3, -0.25) is 4.79 Å². The smallest absolute Gasteiger partial charge is 0.243 e. The third-order valence-electron chi connectivity index (χ3n) is 1.92. The van der Waals surface area contributed by atoms with Gasteiger partial charge in [0.2, 0.25) is 5.91 Å². The maximum Gasteiger partial charge on any atom is 0.243 e. The Morgan fingerprint density at radius 3 is 2.62 bits per heavy atom. The number of hydrogen-bond acceptors (Lipinski definition) is 5. The first-order chi connectivity index (χ1) is 7.48. The van der Waals surface area contributed by atoms with Gasteiger partial charge in [0.1, 0.15) is 16.4 Å². The molecule has 0 radical (unpaired) electrons. The topological polar surface area (TPSA) is 98.5 Å². The Kier molecular flexibility index (Phi) is 8.14. The van der Waals surface area contributed by atoms with E-state index in [1.165, 1.54) is 0 Å². The molecule has 96 valence electrons. The van der Waals surface area contributed by atoms with Gasteiger partial charge >= 0.3 is 0 Å². The van der Waals surface area contributed by atoms with Gasteiger partial charge in [0.05, 0.1) is 12.4 Å². The number of amides is 1. The molecule has 0 saturated carbocycles. The fraction of sp³-hybridized carbons (Fsp3) is 0.889. The largest absolute Gasteiger partial charge is 0.370 e. The van der Waals surface area contributed by atoms with Gasteiger partial charge in [0.25, 0.3) is 0 Å². The highest BCUT2D eigenvalue weighted by atomic mass is 32.2. The minimum absolute atomic E-state index is 0.0775. The van der Waals surface area contributed by atoms with Gasteiger partial charge in [0, 0.05) is 12.3 Å². The summed E-state index contributed by atoms with van der Waals surface area (Å²) in [5, 5.41) is 3.01. The minimum atomic E-state index is -2.86. The molecule has 0 fully saturated rings. The van der Waals surface area contributed by atoms with Crippen LogP contribution in [0.1, 0.15) is 13.3 Å². The van der Waals surface area contributed by atoms with Crippen LogP contribution in [0.5, 0.6) is 0 Å². The van der Waals surface area contributed by atoms with Crippen LogP contribution >= 0.6 is 0 Å². The van der Waals surface area contributed by atoms with Crippen molar-refractivity contribution in [2.75, 3.05) is 37.8 Å². The summed E-state index contributed by atoms with van der Waals surface area (Å²) in [5.74, 6) is -0.0954. The molecule has 0 aliphatic heterocycles. The summed E-state index contributed by atoms with van der Waals surface area (Å²) in [5.41, 5.74) is 4.87. The van der Waals surface area contributed by atoms with Crippen LogP contribution in [-0.2, 0) is 19.4 Å². The summed E-state index contributed by atoms with van der Waals surface area (Å²) in [6.45, 7) is 3.16. The van der Waals surface area contributed by atoms with Crippen LogP contribution < -0.4 is 11.1 Å². The highest BCUT2D eigenvalue weighted by molar-refractivity contribution is 7.91. The predicted octanol–water partition coefficient (Wildman–Crippen LogP) is -1.10. The van der Waals surface area contributed by atoms with Crippen LogP contribution in [0.4, 0.5) is 0 Å². The SMILES string of the molecule is CCS(=O)(=O)CCCNCCOCC(N)=O. The fourth-order valence-electron chi connectivity index (χ4n) is 1.00. The van der Waals surface area contributed by atoms with Crippen LogP contribution in [0, 0.1) is 0 Å². The van der Waals surface area contributed by atoms with Crippen molar-refractivity contribution in [1.29, 1.82) is 0 Å². The second-order valence-corrected chi connectivity index (χ2v) is 5.83. The Balaban J connectivity index is 3.25. The Labute approximate surface area is 96.4 Å². The molecular formula is C9H20N2O4S. The molecule has 0 spiro atoms. The maximum absolute atomic E-state index is 11.1. The summed E-state index contributed by atoms with van der Waals surface area (Å²) in [4.78, 5) is 10.3. The Bertz CT molecular complexity index is 290. The molecule has 0 aromatic rings. The summed E-state index contributed by atoms with van der Waals surface area (Å²) < 4.78 is 27.1. The van der Waals surface area contributed by atoms with Gasteiger partial charge in [-0.05, 0) is 13.0 Å². The van der Waals surface area contributed by atoms with Crippen molar-refractivity contribution in [3.63, 3.8) is 0 Å². The summed E-state index contributed by atoms with van der Waals surface area (Å²) in [7, 11) is -2.86. The number of sulfone groups is 1. The average molecular weight is 252 g/mol. The lowest BCUT2D eigenvalue weighted by atomic mass is 10.5. The molecule has 0 aliphatic rings. The van der Waals surface area contributed by atoms with Gasteiger partial charge in [-0.15, -0.1) is 0 Å². The van der Waals surface area contributed by atoms with Crippen molar-refractivity contribution in [3.8, 4) is 0 Å². The number of hydrogen-bond donors (Lipinski definition) is 2. The Morgan fingerprint density at radius 2 is 2.06 bits per heavy atom. The van der Waals surface area contributed by atoms with Gasteiger partial charge in [-0.2, -0.15) is 0 Å². The molecule has 0 atom stereocenters. The molecule has 0 aromatic carbocycles. The van der Waals surface area contributed by atoms with Crippen LogP contribution in [0.3, 0.4) is 0 Å². The van der Waals surface area contributed by atoms with Gasteiger partial charge in [0.15, 0.2) is 0 Å². The molecule has 7 heteroatoms. The van der Waals surface area contributed by atoms with E-state index in [0.29, 0.717) is 26.1 Å². The zero-order valence-electron chi connectivity index (χ0n) is 9.57. The number of nitrogens with two attached hydrogens (primary N) is 1. The van der Waals surface area contributed by atoms with E-state index in [9.17, 15) is 13.2 Å². The number of carbonyl (C=O) groups is 1. The normalized spacial score (nSPS) is 11.6. The van der Waals surface area contributed by atoms with Crippen molar-refractivity contribution >= 4 is 15.7 Å². The van der Waals surface area contributed by atoms with E-state index in [-0.39, 0.29) is 18.1 Å². The second-order valence-electron chi connectivity index (χ2n) is 3.36. The van der Waals surface area contributed by atoms with Gasteiger partial charge < -0.3 is 15.8 Å². The van der Waals surface area contributed by atoms with E-state index in [4.69, 9.17) is 10.5 Å². The molecule has 0 heterocycles. The molecule has 0 aliphatic carbocycles. The zero-order valence-corrected chi connectivity index (χ0v) is 10.4. The lowest BCUT2D eigenvalue weighted by molar-refractivity contribution is -0.122. The average Bonchev–Trinajstić information content (AvgIpc) is 2.21. The van der Waals surface area contributed by atoms with Crippen LogP contribution in [0.25, 0.3) is 0 Å². The minimum Gasteiger partial charge on any atom is -0.370 e. The first-order valence-corrected chi connectivity index (χ1v) is 7.07. The molecule has 0 aromatic heterocycles. The van der Waals surface area contributed by atoms with E-state index < -0.39 is 15.7 Å². The third kappa shape index (κ3) is 9.88. The van der Waals surface area contributed by atoms with Crippen molar-refractivity contribution in [2.45, 2.75) is 13.3 Å². The summed E-state index contributed by atoms with van der Waals surface area (Å²) >= 11 is 0. The van der Waals surface area contributed by atoms with E-state index >= 15 is 0 Å². The summed E-state index contributed by atoms with van der Waals surface area (Å²) in [6.07, 6.45) is 0.589. The molecule has 16 heavy (non-hydrogen) atoms. The molecule has 3 N–H and O–H groups in total. The lowest BCUT2D eigenvalue weighted by Crippen LogP contribution is -2.25. The number of primary amides is 1. The van der Waals surface area contributed by atoms with E-state index in [1.807, 2.05) is 0 Å². The standard InChI is InChI=1S/C9H20N2O4S/c1-2-16(13,14)7-3-4-11-5-6-15-8-9(10)12/h11H,2-8H2,1H3,(H2,10,12). The van der Waals surface area contributed by atoms with Crippen molar-refractivity contribution in [1.82, 2.24) is 5.32 Å². The van der Waals surface area contributed by atoms with Crippen LogP contribution in [-0.4, -0.2) is 52.1 Å². The third-order valence-corrected chi connectivity index (χ3v) is 3.71. The quantitative estimate of drug-likeness (QED) is 0.481. The fourth-order valence-corrected chi connectivity index (χ4v) is 1.88. The van der Waals surface area contributed by atoms with E-state index in [0.717, 1.165) is 0 Å². The van der Waals surface area contributed by atoms with E-state index in [2.05, 4.69) is 5.32 Å². The number of ether oxygens (including phenoxy) is 1. The van der Waals surface area contributed by atoms with Crippen molar-refractivity contribution < 1.29 is 17.9 Å². The molecule has 0 saturated heterocycles. The predicted molar refractivity (Wildman–Crippen MR) is 61.8 cm³/mol. The highest BCUT2D eigenvalue weighted by Gasteiger charge is 2.05. The monoisotopic (exact) mass is 252 g/mol. The Hall–Kier alpha value is -0.660. The first kappa shape index (κ1) is 15.3. The molecule has 0 unspecified atom stereocenters. The first-order valence-electron chi connectivity index (χ1n) is 5.25.